The third-order valence-corrected chi connectivity index (χ3v) is 1.50. The number of carboxylic acid groups (broad SMARTS) is 1. The van der Waals surface area contributed by atoms with E-state index in [-0.39, 0.29) is 0 Å². The molecular formula is C7H9NO3. The maximum absolute atomic E-state index is 10.3. The van der Waals surface area contributed by atoms with E-state index in [0.717, 1.165) is 0 Å². The highest BCUT2D eigenvalue weighted by atomic mass is 16.4. The highest BCUT2D eigenvalue weighted by molar-refractivity contribution is 5.73. The highest BCUT2D eigenvalue weighted by Gasteiger charge is 2.17. The van der Waals surface area contributed by atoms with Crippen molar-refractivity contribution in [3.63, 3.8) is 0 Å². The minimum atomic E-state index is -1.42. The van der Waals surface area contributed by atoms with Gasteiger partial charge >= 0.3 is 5.97 Å². The van der Waals surface area contributed by atoms with Crippen LogP contribution in [-0.4, -0.2) is 20.7 Å². The number of aliphatic hydroxyl groups is 1. The van der Waals surface area contributed by atoms with Gasteiger partial charge in [-0.1, -0.05) is 0 Å². The van der Waals surface area contributed by atoms with E-state index in [9.17, 15) is 4.79 Å². The number of carbonyl (C=O) groups is 1. The highest BCUT2D eigenvalue weighted by Crippen LogP contribution is 2.11. The van der Waals surface area contributed by atoms with Gasteiger partial charge in [0.1, 0.15) is 0 Å². The van der Waals surface area contributed by atoms with Crippen LogP contribution in [0, 0.1) is 0 Å². The number of carboxylic acids is 1. The van der Waals surface area contributed by atoms with Gasteiger partial charge < -0.3 is 14.8 Å². The Balaban J connectivity index is 2.92. The molecule has 11 heavy (non-hydrogen) atoms. The van der Waals surface area contributed by atoms with Crippen molar-refractivity contribution in [3.8, 4) is 0 Å². The Morgan fingerprint density at radius 2 is 2.36 bits per heavy atom. The van der Waals surface area contributed by atoms with Gasteiger partial charge in [-0.25, -0.2) is 4.79 Å². The maximum atomic E-state index is 10.3. The molecule has 2 N–H and O–H groups in total. The first kappa shape index (κ1) is 7.81. The molecule has 0 aliphatic rings. The van der Waals surface area contributed by atoms with Crippen molar-refractivity contribution in [2.45, 2.75) is 6.10 Å². The minimum Gasteiger partial charge on any atom is -0.479 e. The lowest BCUT2D eigenvalue weighted by Gasteiger charge is -2.05. The molecule has 0 bridgehead atoms. The summed E-state index contributed by atoms with van der Waals surface area (Å²) in [6.45, 7) is 0. The summed E-state index contributed by atoms with van der Waals surface area (Å²) < 4.78 is 1.57. The number of nitrogens with zero attached hydrogens (tertiary/aromatic N) is 1. The van der Waals surface area contributed by atoms with Crippen molar-refractivity contribution < 1.29 is 15.0 Å². The average Bonchev–Trinajstić information content (AvgIpc) is 2.33. The lowest BCUT2D eigenvalue weighted by molar-refractivity contribution is -0.147. The summed E-state index contributed by atoms with van der Waals surface area (Å²) >= 11 is 0. The van der Waals surface area contributed by atoms with Gasteiger partial charge in [0.15, 0.2) is 6.10 Å². The lowest BCUT2D eigenvalue weighted by atomic mass is 10.2. The third kappa shape index (κ3) is 1.40. The Hall–Kier alpha value is -1.29. The number of aryl methyl sites for hydroxylation is 1. The summed E-state index contributed by atoms with van der Waals surface area (Å²) in [6, 6.07) is 3.25. The Morgan fingerprint density at radius 1 is 1.73 bits per heavy atom. The van der Waals surface area contributed by atoms with Crippen molar-refractivity contribution in [3.05, 3.63) is 24.0 Å². The van der Waals surface area contributed by atoms with Gasteiger partial charge in [-0.15, -0.1) is 0 Å². The SMILES string of the molecule is Cn1cccc1C(O)C(=O)O. The smallest absolute Gasteiger partial charge is 0.338 e. The van der Waals surface area contributed by atoms with E-state index in [4.69, 9.17) is 10.2 Å². The molecule has 4 nitrogen and oxygen atoms in total. The van der Waals surface area contributed by atoms with Crippen LogP contribution >= 0.6 is 0 Å². The third-order valence-electron chi connectivity index (χ3n) is 1.50. The quantitative estimate of drug-likeness (QED) is 0.638. The first-order valence-electron chi connectivity index (χ1n) is 3.15. The lowest BCUT2D eigenvalue weighted by Crippen LogP contribution is -2.13. The van der Waals surface area contributed by atoms with Gasteiger partial charge in [0.25, 0.3) is 0 Å². The Labute approximate surface area is 63.7 Å². The fraction of sp³-hybridized carbons (Fsp3) is 0.286. The molecule has 0 aliphatic carbocycles. The summed E-state index contributed by atoms with van der Waals surface area (Å²) in [5, 5.41) is 17.5. The van der Waals surface area contributed by atoms with Gasteiger partial charge in [-0.2, -0.15) is 0 Å². The van der Waals surface area contributed by atoms with E-state index in [2.05, 4.69) is 0 Å². The molecule has 0 aromatic carbocycles. The number of aliphatic hydroxyl groups excluding tert-OH is 1. The second-order valence-electron chi connectivity index (χ2n) is 2.28. The van der Waals surface area contributed by atoms with Gasteiger partial charge in [-0.3, -0.25) is 0 Å². The fourth-order valence-corrected chi connectivity index (χ4v) is 0.885. The molecule has 0 saturated carbocycles. The van der Waals surface area contributed by atoms with Gasteiger partial charge in [0.2, 0.25) is 0 Å². The van der Waals surface area contributed by atoms with Crippen LogP contribution in [-0.2, 0) is 11.8 Å². The molecule has 1 atom stereocenters. The molecule has 0 aliphatic heterocycles. The molecule has 0 saturated heterocycles. The molecule has 1 rings (SSSR count). The summed E-state index contributed by atoms with van der Waals surface area (Å²) in [6.07, 6.45) is 0.261. The molecule has 60 valence electrons. The average molecular weight is 155 g/mol. The van der Waals surface area contributed by atoms with Crippen LogP contribution in [0.1, 0.15) is 11.8 Å². The summed E-state index contributed by atoms with van der Waals surface area (Å²) in [4.78, 5) is 10.3. The predicted octanol–water partition coefficient (Wildman–Crippen LogP) is 0.143. The minimum absolute atomic E-state index is 0.387. The van der Waals surface area contributed by atoms with E-state index in [1.54, 1.807) is 29.9 Å². The van der Waals surface area contributed by atoms with E-state index in [1.165, 1.54) is 0 Å². The van der Waals surface area contributed by atoms with Crippen molar-refractivity contribution in [1.82, 2.24) is 4.57 Å². The zero-order valence-corrected chi connectivity index (χ0v) is 6.06. The topological polar surface area (TPSA) is 62.5 Å². The van der Waals surface area contributed by atoms with E-state index >= 15 is 0 Å². The molecule has 0 amide bonds. The van der Waals surface area contributed by atoms with Crippen LogP contribution in [0.3, 0.4) is 0 Å². The molecule has 0 radical (unpaired) electrons. The fourth-order valence-electron chi connectivity index (χ4n) is 0.885. The van der Waals surface area contributed by atoms with Crippen LogP contribution in [0.25, 0.3) is 0 Å². The zero-order chi connectivity index (χ0) is 8.43. The van der Waals surface area contributed by atoms with Crippen molar-refractivity contribution >= 4 is 5.97 Å². The molecule has 0 fully saturated rings. The van der Waals surface area contributed by atoms with Gasteiger partial charge in [-0.05, 0) is 12.1 Å². The number of hydrogen-bond acceptors (Lipinski definition) is 2. The number of aliphatic carboxylic acids is 1. The van der Waals surface area contributed by atoms with E-state index in [1.807, 2.05) is 0 Å². The number of aromatic nitrogens is 1. The maximum Gasteiger partial charge on any atom is 0.338 e. The van der Waals surface area contributed by atoms with Crippen molar-refractivity contribution in [2.24, 2.45) is 7.05 Å². The molecule has 4 heteroatoms. The van der Waals surface area contributed by atoms with Crippen LogP contribution in [0.4, 0.5) is 0 Å². The summed E-state index contributed by atoms with van der Waals surface area (Å²) in [5.41, 5.74) is 0.387. The largest absolute Gasteiger partial charge is 0.479 e. The standard InChI is InChI=1S/C7H9NO3/c1-8-4-2-3-5(8)6(9)7(10)11/h2-4,6,9H,1H3,(H,10,11). The number of rotatable bonds is 2. The Kier molecular flexibility index (Phi) is 1.96. The van der Waals surface area contributed by atoms with Crippen LogP contribution in [0.5, 0.6) is 0 Å². The Morgan fingerprint density at radius 3 is 2.73 bits per heavy atom. The monoisotopic (exact) mass is 155 g/mol. The summed E-state index contributed by atoms with van der Waals surface area (Å²) in [5.74, 6) is -1.23. The van der Waals surface area contributed by atoms with Crippen LogP contribution in [0.15, 0.2) is 18.3 Å². The normalized spacial score (nSPS) is 12.9. The van der Waals surface area contributed by atoms with Crippen molar-refractivity contribution in [1.29, 1.82) is 0 Å². The van der Waals surface area contributed by atoms with E-state index in [0.29, 0.717) is 5.69 Å². The Bertz CT molecular complexity index is 266. The second-order valence-corrected chi connectivity index (χ2v) is 2.28. The zero-order valence-electron chi connectivity index (χ0n) is 6.06. The van der Waals surface area contributed by atoms with Crippen LogP contribution < -0.4 is 0 Å². The molecule has 1 aromatic rings. The molecule has 1 unspecified atom stereocenters. The predicted molar refractivity (Wildman–Crippen MR) is 38.0 cm³/mol. The first-order valence-corrected chi connectivity index (χ1v) is 3.15. The number of hydrogen-bond donors (Lipinski definition) is 2. The second kappa shape index (κ2) is 2.75. The van der Waals surface area contributed by atoms with Crippen molar-refractivity contribution in [2.75, 3.05) is 0 Å². The molecule has 1 aromatic heterocycles. The first-order chi connectivity index (χ1) is 5.13. The van der Waals surface area contributed by atoms with Crippen LogP contribution in [0.2, 0.25) is 0 Å². The molecular weight excluding hydrogens is 146 g/mol. The molecule has 0 spiro atoms. The molecule has 1 heterocycles. The van der Waals surface area contributed by atoms with Gasteiger partial charge in [0.05, 0.1) is 5.69 Å². The van der Waals surface area contributed by atoms with E-state index < -0.39 is 12.1 Å². The summed E-state index contributed by atoms with van der Waals surface area (Å²) in [7, 11) is 1.68. The van der Waals surface area contributed by atoms with Gasteiger partial charge in [0, 0.05) is 13.2 Å².